The molecule has 1 aromatic rings. The quantitative estimate of drug-likeness (QED) is 0.848. The molecule has 116 valence electrons. The van der Waals surface area contributed by atoms with E-state index < -0.39 is 0 Å². The summed E-state index contributed by atoms with van der Waals surface area (Å²) in [7, 11) is 0. The van der Waals surface area contributed by atoms with E-state index in [0.29, 0.717) is 17.7 Å². The number of hydrogen-bond donors (Lipinski definition) is 1. The van der Waals surface area contributed by atoms with Crippen molar-refractivity contribution in [2.24, 2.45) is 11.3 Å². The van der Waals surface area contributed by atoms with Crippen molar-refractivity contribution in [2.75, 3.05) is 13.1 Å². The van der Waals surface area contributed by atoms with E-state index in [0.717, 1.165) is 44.0 Å². The third-order valence-electron chi connectivity index (χ3n) is 5.28. The number of hydrogen-bond acceptors (Lipinski definition) is 3. The summed E-state index contributed by atoms with van der Waals surface area (Å²) in [6.45, 7) is 4.34. The Bertz CT molecular complexity index is 473. The molecule has 1 saturated heterocycles. The van der Waals surface area contributed by atoms with Gasteiger partial charge in [0.05, 0.1) is 11.9 Å². The molecule has 1 amide bonds. The Hall–Kier alpha value is -1.39. The molecule has 1 aliphatic carbocycles. The number of aromatic nitrogens is 3. The molecule has 2 aliphatic rings. The van der Waals surface area contributed by atoms with Crippen molar-refractivity contribution in [3.05, 3.63) is 11.9 Å². The minimum atomic E-state index is 0.353. The summed E-state index contributed by atoms with van der Waals surface area (Å²) in [5.41, 5.74) is 1.46. The Kier molecular flexibility index (Phi) is 4.27. The first kappa shape index (κ1) is 14.5. The molecular formula is C16H26N4O. The molecule has 1 spiro atoms. The summed E-state index contributed by atoms with van der Waals surface area (Å²) in [5, 5.41) is 10.4. The Morgan fingerprint density at radius 2 is 2.38 bits per heavy atom. The highest BCUT2D eigenvalue weighted by Crippen LogP contribution is 2.47. The Labute approximate surface area is 126 Å². The Balaban J connectivity index is 1.38. The predicted octanol–water partition coefficient (Wildman–Crippen LogP) is 2.56. The van der Waals surface area contributed by atoms with Gasteiger partial charge in [-0.2, -0.15) is 15.4 Å². The highest BCUT2D eigenvalue weighted by Gasteiger charge is 2.43. The number of rotatable bonds is 5. The van der Waals surface area contributed by atoms with Gasteiger partial charge in [0.2, 0.25) is 5.91 Å². The number of carbonyl (C=O) groups is 1. The smallest absolute Gasteiger partial charge is 0.222 e. The zero-order valence-electron chi connectivity index (χ0n) is 13.0. The molecule has 1 aliphatic heterocycles. The van der Waals surface area contributed by atoms with E-state index in [1.54, 1.807) is 6.20 Å². The van der Waals surface area contributed by atoms with Crippen molar-refractivity contribution < 1.29 is 4.79 Å². The molecule has 0 bridgehead atoms. The number of carbonyl (C=O) groups excluding carboxylic acids is 1. The summed E-state index contributed by atoms with van der Waals surface area (Å²) >= 11 is 0. The fourth-order valence-corrected chi connectivity index (χ4v) is 4.10. The highest BCUT2D eigenvalue weighted by molar-refractivity contribution is 5.76. The van der Waals surface area contributed by atoms with Crippen molar-refractivity contribution in [3.8, 4) is 0 Å². The molecule has 1 aromatic heterocycles. The molecular weight excluding hydrogens is 264 g/mol. The number of aromatic amines is 1. The van der Waals surface area contributed by atoms with E-state index in [-0.39, 0.29) is 0 Å². The Morgan fingerprint density at radius 1 is 1.48 bits per heavy atom. The zero-order chi connectivity index (χ0) is 14.7. The number of aryl methyl sites for hydroxylation is 1. The third kappa shape index (κ3) is 3.44. The number of likely N-dealkylation sites (tertiary alicyclic amines) is 1. The molecule has 3 rings (SSSR count). The maximum Gasteiger partial charge on any atom is 0.222 e. The molecule has 0 unspecified atom stereocenters. The second kappa shape index (κ2) is 6.16. The number of amides is 1. The first-order chi connectivity index (χ1) is 10.2. The van der Waals surface area contributed by atoms with E-state index in [9.17, 15) is 4.79 Å². The molecule has 0 aromatic carbocycles. The standard InChI is InChI=1S/C16H26N4O/c1-13-6-7-16(10-13)8-9-20(12-16)15(21)5-3-2-4-14-11-17-19-18-14/h11,13H,2-10,12H2,1H3,(H,17,18,19)/t13-,16-/m1/s1. The summed E-state index contributed by atoms with van der Waals surface area (Å²) in [6.07, 6.45) is 10.5. The normalized spacial score (nSPS) is 28.6. The van der Waals surface area contributed by atoms with Gasteiger partial charge in [0, 0.05) is 19.5 Å². The fraction of sp³-hybridized carbons (Fsp3) is 0.812. The monoisotopic (exact) mass is 290 g/mol. The SMILES string of the molecule is C[C@@H]1CC[C@@]2(CCN(C(=O)CCCCc3cn[nH]n3)C2)C1. The molecule has 2 atom stereocenters. The average molecular weight is 290 g/mol. The van der Waals surface area contributed by atoms with Gasteiger partial charge in [-0.3, -0.25) is 4.79 Å². The van der Waals surface area contributed by atoms with Gasteiger partial charge in [-0.1, -0.05) is 13.3 Å². The lowest BCUT2D eigenvalue weighted by Gasteiger charge is -2.24. The van der Waals surface area contributed by atoms with E-state index in [1.807, 2.05) is 0 Å². The lowest BCUT2D eigenvalue weighted by atomic mass is 9.85. The number of nitrogens with zero attached hydrogens (tertiary/aromatic N) is 3. The van der Waals surface area contributed by atoms with Crippen LogP contribution in [0.3, 0.4) is 0 Å². The molecule has 1 saturated carbocycles. The first-order valence-corrected chi connectivity index (χ1v) is 8.29. The molecule has 0 radical (unpaired) electrons. The van der Waals surface area contributed by atoms with Crippen molar-refractivity contribution in [3.63, 3.8) is 0 Å². The minimum Gasteiger partial charge on any atom is -0.342 e. The van der Waals surface area contributed by atoms with Crippen LogP contribution in [0.15, 0.2) is 6.20 Å². The summed E-state index contributed by atoms with van der Waals surface area (Å²) < 4.78 is 0. The Morgan fingerprint density at radius 3 is 3.10 bits per heavy atom. The van der Waals surface area contributed by atoms with Crippen LogP contribution in [0.1, 0.15) is 57.6 Å². The van der Waals surface area contributed by atoms with Crippen molar-refractivity contribution >= 4 is 5.91 Å². The number of nitrogens with one attached hydrogen (secondary N) is 1. The average Bonchev–Trinajstić information content (AvgIpc) is 3.18. The topological polar surface area (TPSA) is 61.9 Å². The van der Waals surface area contributed by atoms with Gasteiger partial charge in [0.25, 0.3) is 0 Å². The van der Waals surface area contributed by atoms with Gasteiger partial charge >= 0.3 is 0 Å². The van der Waals surface area contributed by atoms with E-state index >= 15 is 0 Å². The van der Waals surface area contributed by atoms with Gasteiger partial charge in [-0.15, -0.1) is 0 Å². The van der Waals surface area contributed by atoms with Crippen LogP contribution in [-0.4, -0.2) is 39.3 Å². The lowest BCUT2D eigenvalue weighted by Crippen LogP contribution is -2.31. The molecule has 2 fully saturated rings. The summed E-state index contributed by atoms with van der Waals surface area (Å²) in [6, 6.07) is 0. The van der Waals surface area contributed by atoms with Gasteiger partial charge in [-0.25, -0.2) is 0 Å². The predicted molar refractivity (Wildman–Crippen MR) is 80.6 cm³/mol. The molecule has 1 N–H and O–H groups in total. The fourth-order valence-electron chi connectivity index (χ4n) is 4.10. The molecule has 5 heteroatoms. The minimum absolute atomic E-state index is 0.353. The van der Waals surface area contributed by atoms with Crippen LogP contribution in [-0.2, 0) is 11.2 Å². The lowest BCUT2D eigenvalue weighted by molar-refractivity contribution is -0.130. The van der Waals surface area contributed by atoms with Gasteiger partial charge in [0.15, 0.2) is 0 Å². The number of H-pyrrole nitrogens is 1. The maximum atomic E-state index is 12.3. The van der Waals surface area contributed by atoms with Crippen LogP contribution in [0, 0.1) is 11.3 Å². The summed E-state index contributed by atoms with van der Waals surface area (Å²) in [5.74, 6) is 1.20. The van der Waals surface area contributed by atoms with Gasteiger partial charge in [0.1, 0.15) is 0 Å². The van der Waals surface area contributed by atoms with Crippen molar-refractivity contribution in [1.29, 1.82) is 0 Å². The van der Waals surface area contributed by atoms with Crippen LogP contribution >= 0.6 is 0 Å². The second-order valence-corrected chi connectivity index (χ2v) is 7.08. The van der Waals surface area contributed by atoms with E-state index in [4.69, 9.17) is 0 Å². The molecule has 2 heterocycles. The van der Waals surface area contributed by atoms with Crippen LogP contribution in [0.4, 0.5) is 0 Å². The van der Waals surface area contributed by atoms with Crippen LogP contribution in [0.5, 0.6) is 0 Å². The van der Waals surface area contributed by atoms with E-state index in [1.165, 1.54) is 25.7 Å². The zero-order valence-corrected chi connectivity index (χ0v) is 13.0. The second-order valence-electron chi connectivity index (χ2n) is 7.08. The van der Waals surface area contributed by atoms with E-state index in [2.05, 4.69) is 27.2 Å². The summed E-state index contributed by atoms with van der Waals surface area (Å²) in [4.78, 5) is 14.4. The van der Waals surface area contributed by atoms with Crippen LogP contribution in [0.2, 0.25) is 0 Å². The largest absolute Gasteiger partial charge is 0.342 e. The van der Waals surface area contributed by atoms with Crippen LogP contribution < -0.4 is 0 Å². The number of unbranched alkanes of at least 4 members (excludes halogenated alkanes) is 1. The molecule has 21 heavy (non-hydrogen) atoms. The van der Waals surface area contributed by atoms with Crippen molar-refractivity contribution in [1.82, 2.24) is 20.3 Å². The first-order valence-electron chi connectivity index (χ1n) is 8.29. The maximum absolute atomic E-state index is 12.3. The van der Waals surface area contributed by atoms with Gasteiger partial charge in [-0.05, 0) is 49.9 Å². The van der Waals surface area contributed by atoms with Gasteiger partial charge < -0.3 is 4.90 Å². The highest BCUT2D eigenvalue weighted by atomic mass is 16.2. The molecule has 5 nitrogen and oxygen atoms in total. The third-order valence-corrected chi connectivity index (χ3v) is 5.28. The van der Waals surface area contributed by atoms with Crippen molar-refractivity contribution in [2.45, 2.75) is 58.3 Å². The van der Waals surface area contributed by atoms with Crippen LogP contribution in [0.25, 0.3) is 0 Å².